The predicted octanol–water partition coefficient (Wildman–Crippen LogP) is 6.79. The topological polar surface area (TPSA) is 50.7 Å². The van der Waals surface area contributed by atoms with E-state index in [2.05, 4.69) is 65.7 Å². The summed E-state index contributed by atoms with van der Waals surface area (Å²) in [7, 11) is 0. The summed E-state index contributed by atoms with van der Waals surface area (Å²) in [5, 5.41) is 11.1. The third-order valence-electron chi connectivity index (χ3n) is 5.00. The minimum absolute atomic E-state index is 0.675. The van der Waals surface area contributed by atoms with Gasteiger partial charge in [-0.3, -0.25) is 0 Å². The molecule has 0 fully saturated rings. The van der Waals surface area contributed by atoms with E-state index < -0.39 is 0 Å². The molecule has 3 heteroatoms. The van der Waals surface area contributed by atoms with Gasteiger partial charge >= 0.3 is 0 Å². The molecule has 0 aromatic heterocycles. The van der Waals surface area contributed by atoms with Crippen LogP contribution in [0.3, 0.4) is 0 Å². The lowest BCUT2D eigenvalue weighted by Gasteiger charge is -2.08. The summed E-state index contributed by atoms with van der Waals surface area (Å²) in [6.45, 7) is 2.05. The smallest absolute Gasteiger partial charge is 0.110 e. The van der Waals surface area contributed by atoms with E-state index in [1.165, 1.54) is 33.2 Å². The maximum absolute atomic E-state index is 6.45. The van der Waals surface area contributed by atoms with E-state index in [0.29, 0.717) is 11.4 Å². The van der Waals surface area contributed by atoms with Crippen LogP contribution in [0.15, 0.2) is 83.0 Å². The fourth-order valence-corrected chi connectivity index (χ4v) is 3.69. The van der Waals surface area contributed by atoms with Gasteiger partial charge in [0.25, 0.3) is 0 Å². The minimum Gasteiger partial charge on any atom is -0.396 e. The van der Waals surface area contributed by atoms with E-state index in [-0.39, 0.29) is 0 Å². The highest BCUT2D eigenvalue weighted by atomic mass is 15.1. The van der Waals surface area contributed by atoms with Crippen molar-refractivity contribution in [1.82, 2.24) is 0 Å². The number of fused-ring (bicyclic) bond motifs is 3. The van der Waals surface area contributed by atoms with Crippen molar-refractivity contribution < 1.29 is 0 Å². The van der Waals surface area contributed by atoms with Gasteiger partial charge in [0.05, 0.1) is 11.4 Å². The Hall–Kier alpha value is -3.46. The Kier molecular flexibility index (Phi) is 3.16. The lowest BCUT2D eigenvalue weighted by atomic mass is 10.0. The van der Waals surface area contributed by atoms with Crippen molar-refractivity contribution in [2.75, 3.05) is 5.73 Å². The standard InChI is InChI=1S/C23H17N3/c1-14-9-11-15(12-10-14)25-26-21-13-20-17-6-3-2-5-16(17)18-7-4-8-19(22(18)20)23(21)24/h2-13H,24H2,1H3. The summed E-state index contributed by atoms with van der Waals surface area (Å²) in [4.78, 5) is 0. The van der Waals surface area contributed by atoms with Crippen LogP contribution in [0, 0.1) is 6.92 Å². The molecule has 0 saturated heterocycles. The molecule has 0 radical (unpaired) electrons. The van der Waals surface area contributed by atoms with Gasteiger partial charge in [-0.15, -0.1) is 5.11 Å². The van der Waals surface area contributed by atoms with Gasteiger partial charge in [-0.05, 0) is 52.8 Å². The Morgan fingerprint density at radius 1 is 0.692 bits per heavy atom. The molecule has 4 aromatic rings. The molecule has 0 unspecified atom stereocenters. The molecule has 0 atom stereocenters. The number of benzene rings is 4. The van der Waals surface area contributed by atoms with Crippen molar-refractivity contribution >= 4 is 27.8 Å². The number of aryl methyl sites for hydroxylation is 1. The van der Waals surface area contributed by atoms with Crippen LogP contribution in [0.25, 0.3) is 33.0 Å². The Morgan fingerprint density at radius 3 is 2.15 bits per heavy atom. The molecule has 124 valence electrons. The van der Waals surface area contributed by atoms with Crippen molar-refractivity contribution in [1.29, 1.82) is 0 Å². The number of anilines is 1. The van der Waals surface area contributed by atoms with Gasteiger partial charge in [0.15, 0.2) is 0 Å². The first kappa shape index (κ1) is 14.8. The summed E-state index contributed by atoms with van der Waals surface area (Å²) in [6.07, 6.45) is 0. The highest BCUT2D eigenvalue weighted by Gasteiger charge is 2.23. The lowest BCUT2D eigenvalue weighted by molar-refractivity contribution is 1.23. The van der Waals surface area contributed by atoms with Crippen LogP contribution < -0.4 is 5.73 Å². The number of nitrogens with two attached hydrogens (primary N) is 1. The van der Waals surface area contributed by atoms with Crippen LogP contribution in [0.4, 0.5) is 17.1 Å². The SMILES string of the molecule is Cc1ccc(N=Nc2cc3c4c(cccc4c2N)-c2ccccc2-3)cc1. The Balaban J connectivity index is 1.71. The van der Waals surface area contributed by atoms with Gasteiger partial charge < -0.3 is 5.73 Å². The van der Waals surface area contributed by atoms with Crippen LogP contribution in [0.2, 0.25) is 0 Å². The normalized spacial score (nSPS) is 12.0. The molecule has 3 nitrogen and oxygen atoms in total. The molecule has 0 heterocycles. The fourth-order valence-electron chi connectivity index (χ4n) is 3.69. The maximum atomic E-state index is 6.45. The second kappa shape index (κ2) is 5.53. The van der Waals surface area contributed by atoms with Gasteiger partial charge in [-0.2, -0.15) is 5.11 Å². The molecular weight excluding hydrogens is 318 g/mol. The number of rotatable bonds is 2. The van der Waals surface area contributed by atoms with Gasteiger partial charge in [-0.1, -0.05) is 60.2 Å². The van der Waals surface area contributed by atoms with Crippen molar-refractivity contribution in [2.45, 2.75) is 6.92 Å². The first-order chi connectivity index (χ1) is 12.7. The van der Waals surface area contributed by atoms with Crippen molar-refractivity contribution in [3.8, 4) is 22.3 Å². The van der Waals surface area contributed by atoms with Crippen molar-refractivity contribution in [2.24, 2.45) is 10.2 Å². The fraction of sp³-hybridized carbons (Fsp3) is 0.0435. The summed E-state index contributed by atoms with van der Waals surface area (Å²) < 4.78 is 0. The molecule has 1 aliphatic carbocycles. The molecule has 4 aromatic carbocycles. The zero-order valence-corrected chi connectivity index (χ0v) is 14.4. The summed E-state index contributed by atoms with van der Waals surface area (Å²) >= 11 is 0. The van der Waals surface area contributed by atoms with Gasteiger partial charge in [0.2, 0.25) is 0 Å². The molecule has 26 heavy (non-hydrogen) atoms. The molecule has 0 aliphatic heterocycles. The molecule has 1 aliphatic rings. The molecule has 0 saturated carbocycles. The maximum Gasteiger partial charge on any atom is 0.110 e. The number of nitrogen functional groups attached to an aromatic ring is 1. The van der Waals surface area contributed by atoms with Crippen molar-refractivity contribution in [3.63, 3.8) is 0 Å². The average molecular weight is 335 g/mol. The molecular formula is C23H17N3. The summed E-state index contributed by atoms with van der Waals surface area (Å²) in [6, 6.07) is 24.8. The van der Waals surface area contributed by atoms with Crippen molar-refractivity contribution in [3.05, 3.63) is 78.4 Å². The minimum atomic E-state index is 0.675. The predicted molar refractivity (Wildman–Crippen MR) is 108 cm³/mol. The highest BCUT2D eigenvalue weighted by Crippen LogP contribution is 2.50. The third kappa shape index (κ3) is 2.14. The highest BCUT2D eigenvalue weighted by molar-refractivity contribution is 6.19. The van der Waals surface area contributed by atoms with Crippen LogP contribution >= 0.6 is 0 Å². The molecule has 5 rings (SSSR count). The zero-order valence-electron chi connectivity index (χ0n) is 14.4. The quantitative estimate of drug-likeness (QED) is 0.280. The van der Waals surface area contributed by atoms with Gasteiger partial charge in [0.1, 0.15) is 5.69 Å². The number of nitrogens with zero attached hydrogens (tertiary/aromatic N) is 2. The molecule has 0 bridgehead atoms. The van der Waals surface area contributed by atoms with E-state index in [1.54, 1.807) is 0 Å². The lowest BCUT2D eigenvalue weighted by Crippen LogP contribution is -1.89. The number of hydrogen-bond acceptors (Lipinski definition) is 3. The first-order valence-electron chi connectivity index (χ1n) is 8.66. The van der Waals surface area contributed by atoms with Crippen LogP contribution in [-0.2, 0) is 0 Å². The van der Waals surface area contributed by atoms with Crippen LogP contribution in [-0.4, -0.2) is 0 Å². The van der Waals surface area contributed by atoms with E-state index in [1.807, 2.05) is 24.3 Å². The van der Waals surface area contributed by atoms with Gasteiger partial charge in [0, 0.05) is 5.39 Å². The van der Waals surface area contributed by atoms with E-state index in [4.69, 9.17) is 5.73 Å². The van der Waals surface area contributed by atoms with Crippen LogP contribution in [0.1, 0.15) is 5.56 Å². The van der Waals surface area contributed by atoms with Gasteiger partial charge in [-0.25, -0.2) is 0 Å². The van der Waals surface area contributed by atoms with E-state index >= 15 is 0 Å². The van der Waals surface area contributed by atoms with E-state index in [0.717, 1.165) is 11.1 Å². The molecule has 2 N–H and O–H groups in total. The molecule has 0 spiro atoms. The molecule has 0 amide bonds. The number of hydrogen-bond donors (Lipinski definition) is 1. The zero-order chi connectivity index (χ0) is 17.7. The Labute approximate surface area is 151 Å². The second-order valence-corrected chi connectivity index (χ2v) is 6.67. The average Bonchev–Trinajstić information content (AvgIpc) is 3.00. The Morgan fingerprint density at radius 2 is 1.38 bits per heavy atom. The Bertz CT molecular complexity index is 1190. The first-order valence-corrected chi connectivity index (χ1v) is 8.66. The summed E-state index contributed by atoms with van der Waals surface area (Å²) in [5.41, 5.74) is 14.8. The largest absolute Gasteiger partial charge is 0.396 e. The summed E-state index contributed by atoms with van der Waals surface area (Å²) in [5.74, 6) is 0. The monoisotopic (exact) mass is 335 g/mol. The second-order valence-electron chi connectivity index (χ2n) is 6.67. The van der Waals surface area contributed by atoms with Crippen LogP contribution in [0.5, 0.6) is 0 Å². The van der Waals surface area contributed by atoms with E-state index in [9.17, 15) is 0 Å². The number of azo groups is 1. The third-order valence-corrected chi connectivity index (χ3v) is 5.00.